The van der Waals surface area contributed by atoms with Crippen LogP contribution in [0.1, 0.15) is 19.4 Å². The molecule has 116 valence electrons. The van der Waals surface area contributed by atoms with Crippen molar-refractivity contribution in [3.05, 3.63) is 35.6 Å². The number of halogens is 1. The molecule has 21 heavy (non-hydrogen) atoms. The lowest BCUT2D eigenvalue weighted by Gasteiger charge is -2.41. The first-order chi connectivity index (χ1) is 9.99. The number of likely N-dealkylation sites (N-methyl/N-ethyl adjacent to an activating group) is 1. The first-order valence-electron chi connectivity index (χ1n) is 7.44. The molecule has 1 fully saturated rings. The van der Waals surface area contributed by atoms with Crippen LogP contribution < -0.4 is 5.32 Å². The Hall–Kier alpha value is -1.46. The molecule has 0 saturated carbocycles. The molecule has 0 aliphatic carbocycles. The Bertz CT molecular complexity index is 494. The minimum Gasteiger partial charge on any atom is -0.351 e. The van der Waals surface area contributed by atoms with E-state index in [4.69, 9.17) is 0 Å². The maximum Gasteiger partial charge on any atom is 0.237 e. The Labute approximate surface area is 125 Å². The van der Waals surface area contributed by atoms with Gasteiger partial charge in [0, 0.05) is 37.8 Å². The van der Waals surface area contributed by atoms with Crippen LogP contribution in [-0.2, 0) is 11.3 Å². The van der Waals surface area contributed by atoms with Crippen LogP contribution in [0.15, 0.2) is 24.3 Å². The van der Waals surface area contributed by atoms with Crippen molar-refractivity contribution in [1.29, 1.82) is 0 Å². The zero-order valence-corrected chi connectivity index (χ0v) is 13.0. The van der Waals surface area contributed by atoms with Gasteiger partial charge < -0.3 is 10.2 Å². The van der Waals surface area contributed by atoms with E-state index in [0.29, 0.717) is 11.6 Å². The normalized spacial score (nSPS) is 22.0. The summed E-state index contributed by atoms with van der Waals surface area (Å²) in [4.78, 5) is 16.7. The summed E-state index contributed by atoms with van der Waals surface area (Å²) in [6, 6.07) is 6.68. The van der Waals surface area contributed by atoms with Crippen LogP contribution in [-0.4, -0.2) is 54.5 Å². The Morgan fingerprint density at radius 3 is 2.81 bits per heavy atom. The van der Waals surface area contributed by atoms with E-state index in [1.807, 2.05) is 6.92 Å². The second-order valence-corrected chi connectivity index (χ2v) is 5.83. The van der Waals surface area contributed by atoms with E-state index in [0.717, 1.165) is 19.6 Å². The highest BCUT2D eigenvalue weighted by molar-refractivity contribution is 5.81. The van der Waals surface area contributed by atoms with Crippen molar-refractivity contribution in [3.8, 4) is 0 Å². The number of carbonyl (C=O) groups excluding carboxylic acids is 1. The molecule has 1 saturated heterocycles. The average molecular weight is 293 g/mol. The Balaban J connectivity index is 1.89. The molecule has 2 atom stereocenters. The van der Waals surface area contributed by atoms with Crippen molar-refractivity contribution in [2.75, 3.05) is 26.7 Å². The van der Waals surface area contributed by atoms with E-state index in [1.165, 1.54) is 6.07 Å². The van der Waals surface area contributed by atoms with Crippen molar-refractivity contribution in [2.24, 2.45) is 0 Å². The third kappa shape index (κ3) is 4.02. The molecular formula is C16H24FN3O. The number of rotatable bonds is 4. The van der Waals surface area contributed by atoms with Gasteiger partial charge in [0.15, 0.2) is 0 Å². The molecule has 1 aromatic carbocycles. The number of carbonyl (C=O) groups is 1. The van der Waals surface area contributed by atoms with Crippen molar-refractivity contribution >= 4 is 5.91 Å². The van der Waals surface area contributed by atoms with Gasteiger partial charge in [0.25, 0.3) is 0 Å². The lowest BCUT2D eigenvalue weighted by molar-refractivity contribution is -0.127. The first kappa shape index (κ1) is 15.9. The highest BCUT2D eigenvalue weighted by Crippen LogP contribution is 2.12. The van der Waals surface area contributed by atoms with Crippen LogP contribution in [0.5, 0.6) is 0 Å². The predicted molar refractivity (Wildman–Crippen MR) is 81.4 cm³/mol. The zero-order valence-electron chi connectivity index (χ0n) is 13.0. The van der Waals surface area contributed by atoms with Gasteiger partial charge in [-0.15, -0.1) is 0 Å². The molecule has 0 radical (unpaired) electrons. The summed E-state index contributed by atoms with van der Waals surface area (Å²) in [5, 5.41) is 2.83. The average Bonchev–Trinajstić information content (AvgIpc) is 2.45. The van der Waals surface area contributed by atoms with Gasteiger partial charge in [-0.25, -0.2) is 4.39 Å². The Morgan fingerprint density at radius 2 is 2.14 bits per heavy atom. The summed E-state index contributed by atoms with van der Waals surface area (Å²) in [6.45, 7) is 7.10. The highest BCUT2D eigenvalue weighted by atomic mass is 19.1. The van der Waals surface area contributed by atoms with E-state index in [-0.39, 0.29) is 24.3 Å². The monoisotopic (exact) mass is 293 g/mol. The molecule has 1 aliphatic rings. The van der Waals surface area contributed by atoms with Crippen molar-refractivity contribution in [2.45, 2.75) is 32.5 Å². The number of nitrogens with one attached hydrogen (secondary N) is 1. The third-order valence-corrected chi connectivity index (χ3v) is 4.17. The van der Waals surface area contributed by atoms with E-state index in [1.54, 1.807) is 18.2 Å². The largest absolute Gasteiger partial charge is 0.351 e. The van der Waals surface area contributed by atoms with Crippen molar-refractivity contribution in [3.63, 3.8) is 0 Å². The van der Waals surface area contributed by atoms with Gasteiger partial charge in [-0.2, -0.15) is 0 Å². The van der Waals surface area contributed by atoms with Gasteiger partial charge in [0.05, 0.1) is 6.04 Å². The second kappa shape index (κ2) is 7.00. The third-order valence-electron chi connectivity index (χ3n) is 4.17. The first-order valence-corrected chi connectivity index (χ1v) is 7.44. The van der Waals surface area contributed by atoms with Gasteiger partial charge in [-0.1, -0.05) is 18.2 Å². The number of benzene rings is 1. The van der Waals surface area contributed by atoms with Crippen molar-refractivity contribution < 1.29 is 9.18 Å². The van der Waals surface area contributed by atoms with E-state index in [2.05, 4.69) is 29.1 Å². The van der Waals surface area contributed by atoms with E-state index in [9.17, 15) is 9.18 Å². The molecule has 0 unspecified atom stereocenters. The van der Waals surface area contributed by atoms with Gasteiger partial charge >= 0.3 is 0 Å². The summed E-state index contributed by atoms with van der Waals surface area (Å²) in [5.74, 6) is -0.326. The topological polar surface area (TPSA) is 35.6 Å². The highest BCUT2D eigenvalue weighted by Gasteiger charge is 2.29. The summed E-state index contributed by atoms with van der Waals surface area (Å²) >= 11 is 0. The maximum atomic E-state index is 13.5. The lowest BCUT2D eigenvalue weighted by atomic mass is 10.1. The van der Waals surface area contributed by atoms with Gasteiger partial charge in [-0.05, 0) is 27.0 Å². The van der Waals surface area contributed by atoms with Crippen LogP contribution in [0.25, 0.3) is 0 Å². The molecule has 2 rings (SSSR count). The van der Waals surface area contributed by atoms with E-state index < -0.39 is 0 Å². The van der Waals surface area contributed by atoms with Crippen molar-refractivity contribution in [1.82, 2.24) is 15.1 Å². The second-order valence-electron chi connectivity index (χ2n) is 5.83. The van der Waals surface area contributed by atoms with Crippen LogP contribution in [0.3, 0.4) is 0 Å². The van der Waals surface area contributed by atoms with Crippen LogP contribution >= 0.6 is 0 Å². The predicted octanol–water partition coefficient (Wildman–Crippen LogP) is 1.47. The number of hydrogen-bond acceptors (Lipinski definition) is 3. The smallest absolute Gasteiger partial charge is 0.237 e. The molecule has 0 aromatic heterocycles. The zero-order chi connectivity index (χ0) is 15.4. The Morgan fingerprint density at radius 1 is 1.43 bits per heavy atom. The summed E-state index contributed by atoms with van der Waals surface area (Å²) in [7, 11) is 2.09. The molecule has 0 spiro atoms. The summed E-state index contributed by atoms with van der Waals surface area (Å²) < 4.78 is 13.5. The molecule has 1 heterocycles. The molecule has 4 nitrogen and oxygen atoms in total. The molecule has 1 aliphatic heterocycles. The fraction of sp³-hybridized carbons (Fsp3) is 0.562. The molecular weight excluding hydrogens is 269 g/mol. The fourth-order valence-corrected chi connectivity index (χ4v) is 2.85. The van der Waals surface area contributed by atoms with Crippen LogP contribution in [0.4, 0.5) is 4.39 Å². The van der Waals surface area contributed by atoms with E-state index >= 15 is 0 Å². The van der Waals surface area contributed by atoms with Gasteiger partial charge in [0.2, 0.25) is 5.91 Å². The van der Waals surface area contributed by atoms with Gasteiger partial charge in [0.1, 0.15) is 5.82 Å². The summed E-state index contributed by atoms with van der Waals surface area (Å²) in [6.07, 6.45) is 0. The van der Waals surface area contributed by atoms with Gasteiger partial charge in [-0.3, -0.25) is 9.69 Å². The summed E-state index contributed by atoms with van der Waals surface area (Å²) in [5.41, 5.74) is 0.518. The molecule has 1 amide bonds. The Kier molecular flexibility index (Phi) is 5.31. The SMILES string of the molecule is C[C@H](C(=O)NCc1ccccc1F)N1CCN(C)C[C@@H]1C. The number of piperazine rings is 1. The minimum atomic E-state index is -0.279. The fourth-order valence-electron chi connectivity index (χ4n) is 2.85. The minimum absolute atomic E-state index is 0.0466. The number of amides is 1. The lowest BCUT2D eigenvalue weighted by Crippen LogP contribution is -2.57. The molecule has 5 heteroatoms. The molecule has 0 bridgehead atoms. The van der Waals surface area contributed by atoms with Crippen LogP contribution in [0.2, 0.25) is 0 Å². The standard InChI is InChI=1S/C16H24FN3O/c1-12-11-19(3)8-9-20(12)13(2)16(21)18-10-14-6-4-5-7-15(14)17/h4-7,12-13H,8-11H2,1-3H3,(H,18,21)/t12-,13+/m0/s1. The number of hydrogen-bond donors (Lipinski definition) is 1. The molecule has 1 aromatic rings. The maximum absolute atomic E-state index is 13.5. The number of nitrogens with zero attached hydrogens (tertiary/aromatic N) is 2. The quantitative estimate of drug-likeness (QED) is 0.913. The molecule has 1 N–H and O–H groups in total. The van der Waals surface area contributed by atoms with Crippen LogP contribution in [0, 0.1) is 5.82 Å².